The number of rotatable bonds is 6. The molecule has 0 spiro atoms. The molecule has 0 bridgehead atoms. The monoisotopic (exact) mass is 348 g/mol. The van der Waals surface area contributed by atoms with E-state index in [1.807, 2.05) is 11.3 Å². The SMILES string of the molecule is CCNC(=NCC1CCN(Cc2cccs2)CC1)NC1CCCC1. The number of likely N-dealkylation sites (tertiary alicyclic amines) is 1. The Morgan fingerprint density at radius 3 is 2.71 bits per heavy atom. The summed E-state index contributed by atoms with van der Waals surface area (Å²) in [6.07, 6.45) is 7.87. The van der Waals surface area contributed by atoms with Crippen molar-refractivity contribution in [3.05, 3.63) is 22.4 Å². The van der Waals surface area contributed by atoms with E-state index >= 15 is 0 Å². The van der Waals surface area contributed by atoms with Crippen LogP contribution in [0.25, 0.3) is 0 Å². The molecule has 1 aromatic rings. The fourth-order valence-electron chi connectivity index (χ4n) is 3.75. The molecule has 2 heterocycles. The number of nitrogens with one attached hydrogen (secondary N) is 2. The molecule has 0 atom stereocenters. The molecule has 24 heavy (non-hydrogen) atoms. The van der Waals surface area contributed by atoms with E-state index in [0.29, 0.717) is 6.04 Å². The zero-order valence-corrected chi connectivity index (χ0v) is 15.8. The molecule has 0 unspecified atom stereocenters. The van der Waals surface area contributed by atoms with Gasteiger partial charge >= 0.3 is 0 Å². The van der Waals surface area contributed by atoms with Crippen LogP contribution in [0.1, 0.15) is 50.3 Å². The predicted octanol–water partition coefficient (Wildman–Crippen LogP) is 3.46. The summed E-state index contributed by atoms with van der Waals surface area (Å²) in [5, 5.41) is 9.22. The molecule has 1 saturated carbocycles. The van der Waals surface area contributed by atoms with Crippen LogP contribution in [0.4, 0.5) is 0 Å². The van der Waals surface area contributed by atoms with Crippen LogP contribution in [-0.4, -0.2) is 43.1 Å². The number of thiophene rings is 1. The first kappa shape index (κ1) is 17.7. The Labute approximate surface area is 150 Å². The molecule has 0 radical (unpaired) electrons. The van der Waals surface area contributed by atoms with Crippen molar-refractivity contribution in [2.24, 2.45) is 10.9 Å². The van der Waals surface area contributed by atoms with Gasteiger partial charge in [-0.05, 0) is 63.1 Å². The summed E-state index contributed by atoms with van der Waals surface area (Å²) in [5.41, 5.74) is 0. The lowest BCUT2D eigenvalue weighted by Gasteiger charge is -2.31. The largest absolute Gasteiger partial charge is 0.357 e. The molecular formula is C19H32N4S. The smallest absolute Gasteiger partial charge is 0.191 e. The Balaban J connectivity index is 1.41. The molecule has 1 aliphatic carbocycles. The second-order valence-electron chi connectivity index (χ2n) is 7.14. The first-order valence-electron chi connectivity index (χ1n) is 9.63. The lowest BCUT2D eigenvalue weighted by molar-refractivity contribution is 0.182. The molecule has 3 rings (SSSR count). The summed E-state index contributed by atoms with van der Waals surface area (Å²) < 4.78 is 0. The van der Waals surface area contributed by atoms with Crippen molar-refractivity contribution in [2.45, 2.75) is 58.0 Å². The summed E-state index contributed by atoms with van der Waals surface area (Å²) in [5.74, 6) is 1.77. The Morgan fingerprint density at radius 1 is 1.25 bits per heavy atom. The van der Waals surface area contributed by atoms with E-state index in [1.165, 1.54) is 56.5 Å². The van der Waals surface area contributed by atoms with Crippen LogP contribution in [-0.2, 0) is 6.54 Å². The topological polar surface area (TPSA) is 39.7 Å². The highest BCUT2D eigenvalue weighted by Gasteiger charge is 2.20. The highest BCUT2D eigenvalue weighted by molar-refractivity contribution is 7.09. The minimum absolute atomic E-state index is 0.635. The van der Waals surface area contributed by atoms with Crippen molar-refractivity contribution in [1.29, 1.82) is 0 Å². The van der Waals surface area contributed by atoms with Gasteiger partial charge < -0.3 is 10.6 Å². The zero-order chi connectivity index (χ0) is 16.6. The van der Waals surface area contributed by atoms with Gasteiger partial charge in [0.2, 0.25) is 0 Å². The summed E-state index contributed by atoms with van der Waals surface area (Å²) in [7, 11) is 0. The fraction of sp³-hybridized carbons (Fsp3) is 0.737. The van der Waals surface area contributed by atoms with E-state index in [0.717, 1.165) is 31.5 Å². The maximum absolute atomic E-state index is 4.88. The maximum Gasteiger partial charge on any atom is 0.191 e. The summed E-state index contributed by atoms with van der Waals surface area (Å²) >= 11 is 1.87. The van der Waals surface area contributed by atoms with E-state index in [9.17, 15) is 0 Å². The number of nitrogens with zero attached hydrogens (tertiary/aromatic N) is 2. The third-order valence-corrected chi connectivity index (χ3v) is 6.08. The van der Waals surface area contributed by atoms with Crippen LogP contribution in [0.3, 0.4) is 0 Å². The van der Waals surface area contributed by atoms with Gasteiger partial charge in [-0.2, -0.15) is 0 Å². The third-order valence-electron chi connectivity index (χ3n) is 5.21. The van der Waals surface area contributed by atoms with Crippen molar-refractivity contribution in [1.82, 2.24) is 15.5 Å². The van der Waals surface area contributed by atoms with Crippen molar-refractivity contribution in [3.8, 4) is 0 Å². The molecular weight excluding hydrogens is 316 g/mol. The van der Waals surface area contributed by atoms with Gasteiger partial charge in [-0.25, -0.2) is 0 Å². The Hall–Kier alpha value is -1.07. The van der Waals surface area contributed by atoms with Gasteiger partial charge in [0, 0.05) is 30.6 Å². The van der Waals surface area contributed by atoms with E-state index in [-0.39, 0.29) is 0 Å². The standard InChI is InChI=1S/C19H32N4S/c1-2-20-19(22-17-6-3-4-7-17)21-14-16-9-11-23(12-10-16)15-18-8-5-13-24-18/h5,8,13,16-17H,2-4,6-7,9-12,14-15H2,1H3,(H2,20,21,22). The molecule has 4 nitrogen and oxygen atoms in total. The van der Waals surface area contributed by atoms with Crippen LogP contribution >= 0.6 is 11.3 Å². The molecule has 0 aromatic carbocycles. The second kappa shape index (κ2) is 9.42. The minimum atomic E-state index is 0.635. The van der Waals surface area contributed by atoms with Crippen LogP contribution in [0.5, 0.6) is 0 Å². The quantitative estimate of drug-likeness (QED) is 0.611. The number of hydrogen-bond donors (Lipinski definition) is 2. The van der Waals surface area contributed by atoms with Crippen molar-refractivity contribution >= 4 is 17.3 Å². The normalized spacial score (nSPS) is 21.3. The highest BCUT2D eigenvalue weighted by Crippen LogP contribution is 2.21. The van der Waals surface area contributed by atoms with Crippen molar-refractivity contribution in [2.75, 3.05) is 26.2 Å². The van der Waals surface area contributed by atoms with Gasteiger partial charge in [-0.15, -0.1) is 11.3 Å². The van der Waals surface area contributed by atoms with Gasteiger partial charge in [0.25, 0.3) is 0 Å². The van der Waals surface area contributed by atoms with Crippen LogP contribution in [0.2, 0.25) is 0 Å². The van der Waals surface area contributed by atoms with Crippen molar-refractivity contribution in [3.63, 3.8) is 0 Å². The lowest BCUT2D eigenvalue weighted by atomic mass is 9.97. The van der Waals surface area contributed by atoms with Crippen LogP contribution in [0, 0.1) is 5.92 Å². The molecule has 2 N–H and O–H groups in total. The van der Waals surface area contributed by atoms with Crippen molar-refractivity contribution < 1.29 is 0 Å². The minimum Gasteiger partial charge on any atom is -0.357 e. The molecule has 2 aliphatic rings. The number of hydrogen-bond acceptors (Lipinski definition) is 3. The Kier molecular flexibility index (Phi) is 6.97. The summed E-state index contributed by atoms with van der Waals surface area (Å²) in [6, 6.07) is 5.04. The molecule has 0 amide bonds. The van der Waals surface area contributed by atoms with Gasteiger partial charge in [0.05, 0.1) is 0 Å². The van der Waals surface area contributed by atoms with Crippen LogP contribution in [0.15, 0.2) is 22.5 Å². The van der Waals surface area contributed by atoms with Gasteiger partial charge in [0.15, 0.2) is 5.96 Å². The molecule has 1 aliphatic heterocycles. The lowest BCUT2D eigenvalue weighted by Crippen LogP contribution is -2.43. The predicted molar refractivity (Wildman–Crippen MR) is 104 cm³/mol. The van der Waals surface area contributed by atoms with E-state index < -0.39 is 0 Å². The average Bonchev–Trinajstić information content (AvgIpc) is 3.28. The first-order chi connectivity index (χ1) is 11.8. The second-order valence-corrected chi connectivity index (χ2v) is 8.18. The fourth-order valence-corrected chi connectivity index (χ4v) is 4.50. The molecule has 1 saturated heterocycles. The summed E-state index contributed by atoms with van der Waals surface area (Å²) in [6.45, 7) is 7.61. The molecule has 5 heteroatoms. The number of piperidine rings is 1. The van der Waals surface area contributed by atoms with Gasteiger partial charge in [-0.3, -0.25) is 9.89 Å². The first-order valence-corrected chi connectivity index (χ1v) is 10.5. The molecule has 134 valence electrons. The van der Waals surface area contributed by atoms with Gasteiger partial charge in [-0.1, -0.05) is 18.9 Å². The molecule has 1 aromatic heterocycles. The molecule has 2 fully saturated rings. The highest BCUT2D eigenvalue weighted by atomic mass is 32.1. The van der Waals surface area contributed by atoms with Crippen LogP contribution < -0.4 is 10.6 Å². The van der Waals surface area contributed by atoms with E-state index in [2.05, 4.69) is 40.0 Å². The maximum atomic E-state index is 4.88. The Morgan fingerprint density at radius 2 is 2.04 bits per heavy atom. The van der Waals surface area contributed by atoms with E-state index in [1.54, 1.807) is 0 Å². The average molecular weight is 349 g/mol. The third kappa shape index (κ3) is 5.49. The van der Waals surface area contributed by atoms with E-state index in [4.69, 9.17) is 4.99 Å². The van der Waals surface area contributed by atoms with Gasteiger partial charge in [0.1, 0.15) is 0 Å². The zero-order valence-electron chi connectivity index (χ0n) is 15.0. The number of aliphatic imine (C=N–C) groups is 1. The number of guanidine groups is 1. The Bertz CT molecular complexity index is 485. The summed E-state index contributed by atoms with van der Waals surface area (Å²) in [4.78, 5) is 8.96.